The van der Waals surface area contributed by atoms with Crippen LogP contribution in [0.4, 0.5) is 0 Å². The predicted octanol–water partition coefficient (Wildman–Crippen LogP) is 4.29. The highest BCUT2D eigenvalue weighted by molar-refractivity contribution is 9.09. The summed E-state index contributed by atoms with van der Waals surface area (Å²) in [5, 5.41) is 3.56. The van der Waals surface area contributed by atoms with Gasteiger partial charge in [0.25, 0.3) is 5.91 Å². The van der Waals surface area contributed by atoms with Gasteiger partial charge in [0.15, 0.2) is 0 Å². The minimum absolute atomic E-state index is 0.226. The number of rotatable bonds is 5. The van der Waals surface area contributed by atoms with Gasteiger partial charge in [0.05, 0.1) is 15.6 Å². The summed E-state index contributed by atoms with van der Waals surface area (Å²) in [6, 6.07) is 5.02. The van der Waals surface area contributed by atoms with E-state index in [-0.39, 0.29) is 5.91 Å². The van der Waals surface area contributed by atoms with E-state index in [1.165, 1.54) is 0 Å². The molecule has 0 bridgehead atoms. The Balaban J connectivity index is 2.59. The van der Waals surface area contributed by atoms with Gasteiger partial charge in [-0.2, -0.15) is 0 Å². The van der Waals surface area contributed by atoms with E-state index in [4.69, 9.17) is 23.2 Å². The van der Waals surface area contributed by atoms with E-state index in [1.807, 2.05) is 0 Å². The summed E-state index contributed by atoms with van der Waals surface area (Å²) >= 11 is 15.4. The maximum Gasteiger partial charge on any atom is 0.254 e. The van der Waals surface area contributed by atoms with E-state index in [9.17, 15) is 4.79 Å². The second-order valence-electron chi connectivity index (χ2n) is 3.65. The molecule has 0 aliphatic heterocycles. The van der Waals surface area contributed by atoms with E-state index in [1.54, 1.807) is 18.2 Å². The maximum atomic E-state index is 11.9. The predicted molar refractivity (Wildman–Crippen MR) is 76.4 cm³/mol. The molecule has 1 atom stereocenters. The van der Waals surface area contributed by atoms with Crippen LogP contribution in [0.2, 0.25) is 10.0 Å². The van der Waals surface area contributed by atoms with Crippen LogP contribution < -0.4 is 5.32 Å². The van der Waals surface area contributed by atoms with Crippen LogP contribution in [0.25, 0.3) is 0 Å². The molecule has 0 aliphatic rings. The molecule has 0 saturated carbocycles. The Kier molecular flexibility index (Phi) is 6.31. The second-order valence-corrected chi connectivity index (χ2v) is 5.76. The van der Waals surface area contributed by atoms with Crippen molar-refractivity contribution in [3.05, 3.63) is 33.8 Å². The lowest BCUT2D eigenvalue weighted by Gasteiger charge is -2.10. The average molecular weight is 339 g/mol. The molecule has 0 fully saturated rings. The standard InChI is InChI=1S/C12H14BrCl2NO/c1-2-8(13)6-7-16-12(17)11-9(14)4-3-5-10(11)15/h3-5,8H,2,6-7H2,1H3,(H,16,17). The van der Waals surface area contributed by atoms with Crippen molar-refractivity contribution in [3.8, 4) is 0 Å². The Labute approximate surface area is 120 Å². The van der Waals surface area contributed by atoms with E-state index >= 15 is 0 Å². The molecule has 1 unspecified atom stereocenters. The number of hydrogen-bond donors (Lipinski definition) is 1. The van der Waals surface area contributed by atoms with Crippen LogP contribution in [0.15, 0.2) is 18.2 Å². The average Bonchev–Trinajstić information content (AvgIpc) is 2.28. The molecule has 0 radical (unpaired) electrons. The minimum atomic E-state index is -0.226. The lowest BCUT2D eigenvalue weighted by Crippen LogP contribution is -2.26. The summed E-state index contributed by atoms with van der Waals surface area (Å²) in [5.74, 6) is -0.226. The van der Waals surface area contributed by atoms with Gasteiger partial charge in [-0.3, -0.25) is 4.79 Å². The molecule has 0 aliphatic carbocycles. The molecule has 1 rings (SSSR count). The zero-order valence-corrected chi connectivity index (χ0v) is 12.6. The third kappa shape index (κ3) is 4.49. The van der Waals surface area contributed by atoms with Crippen molar-refractivity contribution < 1.29 is 4.79 Å². The van der Waals surface area contributed by atoms with Crippen molar-refractivity contribution >= 4 is 45.0 Å². The van der Waals surface area contributed by atoms with Gasteiger partial charge in [-0.25, -0.2) is 0 Å². The fraction of sp³-hybridized carbons (Fsp3) is 0.417. The van der Waals surface area contributed by atoms with Gasteiger partial charge >= 0.3 is 0 Å². The normalized spacial score (nSPS) is 12.2. The zero-order valence-electron chi connectivity index (χ0n) is 9.47. The first-order valence-corrected chi connectivity index (χ1v) is 7.09. The maximum absolute atomic E-state index is 11.9. The molecule has 1 aromatic rings. The summed E-state index contributed by atoms with van der Waals surface area (Å²) < 4.78 is 0. The minimum Gasteiger partial charge on any atom is -0.352 e. The number of carbonyl (C=O) groups is 1. The van der Waals surface area contributed by atoms with Gasteiger partial charge in [0.2, 0.25) is 0 Å². The van der Waals surface area contributed by atoms with Crippen molar-refractivity contribution in [1.82, 2.24) is 5.32 Å². The van der Waals surface area contributed by atoms with E-state index in [0.29, 0.717) is 27.0 Å². The SMILES string of the molecule is CCC(Br)CCNC(=O)c1c(Cl)cccc1Cl. The van der Waals surface area contributed by atoms with Crippen molar-refractivity contribution in [3.63, 3.8) is 0 Å². The number of alkyl halides is 1. The van der Waals surface area contributed by atoms with Gasteiger partial charge in [-0.1, -0.05) is 52.1 Å². The molecule has 0 heterocycles. The summed E-state index contributed by atoms with van der Waals surface area (Å²) in [6.45, 7) is 2.69. The van der Waals surface area contributed by atoms with Crippen LogP contribution in [0.3, 0.4) is 0 Å². The molecular weight excluding hydrogens is 325 g/mol. The molecule has 5 heteroatoms. The summed E-state index contributed by atoms with van der Waals surface area (Å²) in [5.41, 5.74) is 0.346. The second kappa shape index (κ2) is 7.24. The van der Waals surface area contributed by atoms with E-state index < -0.39 is 0 Å². The number of benzene rings is 1. The van der Waals surface area contributed by atoms with Gasteiger partial charge in [0.1, 0.15) is 0 Å². The molecule has 0 spiro atoms. The summed E-state index contributed by atoms with van der Waals surface area (Å²) in [4.78, 5) is 12.3. The van der Waals surface area contributed by atoms with E-state index in [2.05, 4.69) is 28.2 Å². The Bertz CT molecular complexity index is 378. The van der Waals surface area contributed by atoms with Crippen LogP contribution in [0.5, 0.6) is 0 Å². The number of carbonyl (C=O) groups excluding carboxylic acids is 1. The smallest absolute Gasteiger partial charge is 0.254 e. The third-order valence-electron chi connectivity index (χ3n) is 2.38. The number of halogens is 3. The van der Waals surface area contributed by atoms with Crippen LogP contribution in [0, 0.1) is 0 Å². The van der Waals surface area contributed by atoms with Crippen LogP contribution in [0.1, 0.15) is 30.1 Å². The molecule has 1 aromatic carbocycles. The fourth-order valence-electron chi connectivity index (χ4n) is 1.35. The number of hydrogen-bond acceptors (Lipinski definition) is 1. The van der Waals surface area contributed by atoms with Gasteiger partial charge in [0, 0.05) is 11.4 Å². The highest BCUT2D eigenvalue weighted by atomic mass is 79.9. The molecule has 1 N–H and O–H groups in total. The van der Waals surface area contributed by atoms with Crippen molar-refractivity contribution in [2.75, 3.05) is 6.54 Å². The van der Waals surface area contributed by atoms with Crippen molar-refractivity contribution in [2.24, 2.45) is 0 Å². The van der Waals surface area contributed by atoms with Gasteiger partial charge < -0.3 is 5.32 Å². The molecular formula is C12H14BrCl2NO. The molecule has 17 heavy (non-hydrogen) atoms. The molecule has 1 amide bonds. The molecule has 0 saturated heterocycles. The summed E-state index contributed by atoms with van der Waals surface area (Å²) in [7, 11) is 0. The topological polar surface area (TPSA) is 29.1 Å². The Hall–Kier alpha value is -0.250. The fourth-order valence-corrected chi connectivity index (χ4v) is 2.15. The number of amides is 1. The van der Waals surface area contributed by atoms with Crippen LogP contribution >= 0.6 is 39.1 Å². The first-order valence-electron chi connectivity index (χ1n) is 5.42. The van der Waals surface area contributed by atoms with Gasteiger partial charge in [-0.15, -0.1) is 0 Å². The highest BCUT2D eigenvalue weighted by Crippen LogP contribution is 2.23. The first-order chi connectivity index (χ1) is 8.06. The van der Waals surface area contributed by atoms with E-state index in [0.717, 1.165) is 12.8 Å². The molecule has 2 nitrogen and oxygen atoms in total. The van der Waals surface area contributed by atoms with Gasteiger partial charge in [-0.05, 0) is 25.0 Å². The van der Waals surface area contributed by atoms with Crippen molar-refractivity contribution in [1.29, 1.82) is 0 Å². The highest BCUT2D eigenvalue weighted by Gasteiger charge is 2.14. The molecule has 0 aromatic heterocycles. The molecule has 94 valence electrons. The first kappa shape index (κ1) is 14.8. The van der Waals surface area contributed by atoms with Crippen LogP contribution in [-0.4, -0.2) is 17.3 Å². The third-order valence-corrected chi connectivity index (χ3v) is 4.11. The number of nitrogens with one attached hydrogen (secondary N) is 1. The lowest BCUT2D eigenvalue weighted by molar-refractivity contribution is 0.0953. The Morgan fingerprint density at radius 1 is 1.41 bits per heavy atom. The van der Waals surface area contributed by atoms with Crippen molar-refractivity contribution in [2.45, 2.75) is 24.6 Å². The van der Waals surface area contributed by atoms with Crippen LogP contribution in [-0.2, 0) is 0 Å². The zero-order chi connectivity index (χ0) is 12.8. The quantitative estimate of drug-likeness (QED) is 0.797. The Morgan fingerprint density at radius 3 is 2.53 bits per heavy atom. The Morgan fingerprint density at radius 2 is 2.00 bits per heavy atom. The lowest BCUT2D eigenvalue weighted by atomic mass is 10.2. The summed E-state index contributed by atoms with van der Waals surface area (Å²) in [6.07, 6.45) is 1.91. The monoisotopic (exact) mass is 337 g/mol. The largest absolute Gasteiger partial charge is 0.352 e.